The van der Waals surface area contributed by atoms with Gasteiger partial charge in [0.2, 0.25) is 0 Å². The van der Waals surface area contributed by atoms with Crippen molar-refractivity contribution in [1.82, 2.24) is 5.32 Å². The van der Waals surface area contributed by atoms with Gasteiger partial charge in [0.15, 0.2) is 0 Å². The average molecular weight is 203 g/mol. The van der Waals surface area contributed by atoms with Crippen LogP contribution in [-0.4, -0.2) is 29.2 Å². The first-order valence-corrected chi connectivity index (χ1v) is 4.26. The summed E-state index contributed by atoms with van der Waals surface area (Å²) in [6.07, 6.45) is 2.64. The van der Waals surface area contributed by atoms with Crippen LogP contribution in [0.3, 0.4) is 0 Å². The molecule has 82 valence electrons. The van der Waals surface area contributed by atoms with Gasteiger partial charge < -0.3 is 15.5 Å². The Morgan fingerprint density at radius 2 is 1.50 bits per heavy atom. The highest BCUT2D eigenvalue weighted by Crippen LogP contribution is 1.98. The molecule has 0 aliphatic carbocycles. The minimum atomic E-state index is -0.870. The lowest BCUT2D eigenvalue weighted by molar-refractivity contribution is -0.139. The molecule has 0 aliphatic heterocycles. The molecular weight excluding hydrogens is 186 g/mol. The van der Waals surface area contributed by atoms with Crippen LogP contribution in [-0.2, 0) is 9.59 Å². The molecule has 0 heterocycles. The first kappa shape index (κ1) is 15.0. The maximum Gasteiger partial charge on any atom is 0.303 e. The highest BCUT2D eigenvalue weighted by molar-refractivity contribution is 5.67. The molecule has 0 saturated heterocycles. The van der Waals surface area contributed by atoms with Gasteiger partial charge in [-0.3, -0.25) is 9.59 Å². The van der Waals surface area contributed by atoms with Crippen molar-refractivity contribution in [3.63, 3.8) is 0 Å². The second-order valence-electron chi connectivity index (χ2n) is 2.49. The van der Waals surface area contributed by atoms with Crippen LogP contribution in [0.4, 0.5) is 0 Å². The minimum absolute atomic E-state index is 0.0628. The van der Waals surface area contributed by atoms with E-state index in [-0.39, 0.29) is 12.8 Å². The molecule has 0 rings (SSSR count). The molecule has 0 atom stereocenters. The van der Waals surface area contributed by atoms with E-state index in [2.05, 4.69) is 11.9 Å². The number of rotatable bonds is 6. The Hall–Kier alpha value is -1.52. The van der Waals surface area contributed by atoms with Crippen molar-refractivity contribution < 1.29 is 19.8 Å². The third-order valence-electron chi connectivity index (χ3n) is 1.24. The third-order valence-corrected chi connectivity index (χ3v) is 1.24. The predicted molar refractivity (Wildman–Crippen MR) is 53.0 cm³/mol. The van der Waals surface area contributed by atoms with Crippen LogP contribution in [0.2, 0.25) is 0 Å². The smallest absolute Gasteiger partial charge is 0.303 e. The Bertz CT molecular complexity index is 164. The van der Waals surface area contributed by atoms with Gasteiger partial charge in [-0.25, -0.2) is 0 Å². The summed E-state index contributed by atoms with van der Waals surface area (Å²) in [5, 5.41) is 19.0. The van der Waals surface area contributed by atoms with E-state index in [1.54, 1.807) is 6.20 Å². The van der Waals surface area contributed by atoms with Gasteiger partial charge in [-0.1, -0.05) is 6.58 Å². The lowest BCUT2D eigenvalue weighted by Crippen LogP contribution is -1.97. The van der Waals surface area contributed by atoms with Crippen LogP contribution in [0.15, 0.2) is 12.8 Å². The van der Waals surface area contributed by atoms with Gasteiger partial charge >= 0.3 is 11.9 Å². The average Bonchev–Trinajstić information content (AvgIpc) is 2.12. The van der Waals surface area contributed by atoms with Gasteiger partial charge in [0.05, 0.1) is 0 Å². The largest absolute Gasteiger partial charge is 0.481 e. The summed E-state index contributed by atoms with van der Waals surface area (Å²) >= 11 is 0. The summed E-state index contributed by atoms with van der Waals surface area (Å²) in [6.45, 7) is 3.37. The van der Waals surface area contributed by atoms with E-state index in [0.717, 1.165) is 0 Å². The van der Waals surface area contributed by atoms with E-state index in [1.165, 1.54) is 0 Å². The molecule has 0 fully saturated rings. The Labute approximate surface area is 83.4 Å². The maximum absolute atomic E-state index is 9.90. The Morgan fingerprint density at radius 3 is 1.64 bits per heavy atom. The molecule has 0 bridgehead atoms. The number of hydrogen-bond donors (Lipinski definition) is 3. The predicted octanol–water partition coefficient (Wildman–Crippen LogP) is 1.07. The molecule has 0 aromatic heterocycles. The first-order chi connectivity index (χ1) is 6.54. The second-order valence-corrected chi connectivity index (χ2v) is 2.49. The summed E-state index contributed by atoms with van der Waals surface area (Å²) < 4.78 is 0. The van der Waals surface area contributed by atoms with Gasteiger partial charge in [0.25, 0.3) is 0 Å². The van der Waals surface area contributed by atoms with Gasteiger partial charge in [-0.2, -0.15) is 0 Å². The second kappa shape index (κ2) is 11.5. The van der Waals surface area contributed by atoms with Crippen molar-refractivity contribution in [2.75, 3.05) is 7.05 Å². The van der Waals surface area contributed by atoms with Crippen LogP contribution in [0.5, 0.6) is 0 Å². The zero-order valence-electron chi connectivity index (χ0n) is 8.32. The van der Waals surface area contributed by atoms with Gasteiger partial charge in [-0.05, 0) is 19.0 Å². The lowest BCUT2D eigenvalue weighted by Gasteiger charge is -1.92. The van der Waals surface area contributed by atoms with Gasteiger partial charge in [0.1, 0.15) is 0 Å². The summed E-state index contributed by atoms with van der Waals surface area (Å²) in [5.74, 6) is -1.74. The molecule has 0 saturated carbocycles. The lowest BCUT2D eigenvalue weighted by atomic mass is 10.2. The molecule has 5 nitrogen and oxygen atoms in total. The van der Waals surface area contributed by atoms with Crippen LogP contribution in [0.25, 0.3) is 0 Å². The summed E-state index contributed by atoms with van der Waals surface area (Å²) in [5.41, 5.74) is 0. The van der Waals surface area contributed by atoms with E-state index in [0.29, 0.717) is 12.8 Å². The highest BCUT2D eigenvalue weighted by atomic mass is 16.4. The summed E-state index contributed by atoms with van der Waals surface area (Å²) in [4.78, 5) is 19.8. The normalized spacial score (nSPS) is 8.07. The number of unbranched alkanes of at least 4 members (excludes halogenated alkanes) is 1. The maximum atomic E-state index is 9.90. The molecule has 0 aliphatic rings. The van der Waals surface area contributed by atoms with Crippen LogP contribution >= 0.6 is 0 Å². The monoisotopic (exact) mass is 203 g/mol. The highest BCUT2D eigenvalue weighted by Gasteiger charge is 1.99. The molecule has 0 unspecified atom stereocenters. The number of aliphatic carboxylic acids is 2. The first-order valence-electron chi connectivity index (χ1n) is 4.26. The standard InChI is InChI=1S/C6H10O4.C3H7N/c7-5(8)3-1-2-4-6(9)10;1-3-4-2/h1-4H2,(H,7,8)(H,9,10);3-4H,1H2,2H3. The number of hydrogen-bond acceptors (Lipinski definition) is 3. The zero-order chi connectivity index (χ0) is 11.4. The fourth-order valence-electron chi connectivity index (χ4n) is 0.552. The number of carbonyl (C=O) groups is 2. The van der Waals surface area contributed by atoms with Crippen LogP contribution < -0.4 is 5.32 Å². The molecule has 14 heavy (non-hydrogen) atoms. The Kier molecular flexibility index (Phi) is 12.3. The van der Waals surface area contributed by atoms with Gasteiger partial charge in [0, 0.05) is 19.9 Å². The third kappa shape index (κ3) is 22.4. The topological polar surface area (TPSA) is 86.6 Å². The molecule has 0 aromatic carbocycles. The fourth-order valence-corrected chi connectivity index (χ4v) is 0.552. The van der Waals surface area contributed by atoms with Crippen molar-refractivity contribution in [1.29, 1.82) is 0 Å². The van der Waals surface area contributed by atoms with Crippen molar-refractivity contribution >= 4 is 11.9 Å². The quantitative estimate of drug-likeness (QED) is 0.562. The van der Waals surface area contributed by atoms with Crippen molar-refractivity contribution in [3.8, 4) is 0 Å². The van der Waals surface area contributed by atoms with Crippen molar-refractivity contribution in [2.45, 2.75) is 25.7 Å². The molecule has 0 radical (unpaired) electrons. The number of carboxylic acids is 2. The van der Waals surface area contributed by atoms with Crippen LogP contribution in [0.1, 0.15) is 25.7 Å². The van der Waals surface area contributed by atoms with Crippen molar-refractivity contribution in [2.24, 2.45) is 0 Å². The molecule has 3 N–H and O–H groups in total. The van der Waals surface area contributed by atoms with Crippen molar-refractivity contribution in [3.05, 3.63) is 12.8 Å². The fraction of sp³-hybridized carbons (Fsp3) is 0.556. The zero-order valence-corrected chi connectivity index (χ0v) is 8.32. The van der Waals surface area contributed by atoms with E-state index in [4.69, 9.17) is 10.2 Å². The van der Waals surface area contributed by atoms with Gasteiger partial charge in [-0.15, -0.1) is 0 Å². The molecular formula is C9H17NO4. The molecule has 0 aromatic rings. The Balaban J connectivity index is 0. The number of nitrogens with one attached hydrogen (secondary N) is 1. The van der Waals surface area contributed by atoms with E-state index >= 15 is 0 Å². The minimum Gasteiger partial charge on any atom is -0.481 e. The van der Waals surface area contributed by atoms with E-state index < -0.39 is 11.9 Å². The Morgan fingerprint density at radius 1 is 1.21 bits per heavy atom. The van der Waals surface area contributed by atoms with E-state index in [1.807, 2.05) is 7.05 Å². The van der Waals surface area contributed by atoms with Crippen LogP contribution in [0, 0.1) is 0 Å². The summed E-state index contributed by atoms with van der Waals surface area (Å²) in [7, 11) is 1.81. The molecule has 0 amide bonds. The molecule has 0 spiro atoms. The number of carboxylic acid groups (broad SMARTS) is 2. The molecule has 5 heteroatoms. The summed E-state index contributed by atoms with van der Waals surface area (Å²) in [6, 6.07) is 0. The van der Waals surface area contributed by atoms with E-state index in [9.17, 15) is 9.59 Å². The SMILES string of the molecule is C=CNC.O=C(O)CCCCC(=O)O.